The molecule has 6 heteroatoms. The molecule has 108 valence electrons. The van der Waals surface area contributed by atoms with Gasteiger partial charge in [-0.15, -0.1) is 0 Å². The van der Waals surface area contributed by atoms with Gasteiger partial charge in [-0.2, -0.15) is 5.10 Å². The number of nitrogens with zero attached hydrogens (tertiary/aromatic N) is 4. The van der Waals surface area contributed by atoms with Gasteiger partial charge < -0.3 is 5.32 Å². The maximum Gasteiger partial charge on any atom is 0.168 e. The Morgan fingerprint density at radius 1 is 1.29 bits per heavy atom. The van der Waals surface area contributed by atoms with Gasteiger partial charge in [-0.25, -0.2) is 14.6 Å². The number of rotatable bonds is 4. The van der Waals surface area contributed by atoms with Crippen molar-refractivity contribution in [3.05, 3.63) is 40.8 Å². The molecule has 1 N–H and O–H groups in total. The summed E-state index contributed by atoms with van der Waals surface area (Å²) in [4.78, 5) is 9.02. The molecule has 0 aliphatic heterocycles. The zero-order valence-corrected chi connectivity index (χ0v) is 13.6. The van der Waals surface area contributed by atoms with Crippen LogP contribution in [0, 0.1) is 6.92 Å². The molecule has 0 spiro atoms. The van der Waals surface area contributed by atoms with Gasteiger partial charge in [0.05, 0.1) is 17.3 Å². The predicted octanol–water partition coefficient (Wildman–Crippen LogP) is 3.71. The second kappa shape index (κ2) is 5.81. The normalized spacial score (nSPS) is 11.0. The van der Waals surface area contributed by atoms with E-state index in [2.05, 4.69) is 43.2 Å². The molecule has 2 aromatic heterocycles. The minimum atomic E-state index is 0.734. The van der Waals surface area contributed by atoms with Crippen LogP contribution in [0.2, 0.25) is 0 Å². The van der Waals surface area contributed by atoms with Crippen molar-refractivity contribution in [3.63, 3.8) is 0 Å². The number of aromatic nitrogens is 4. The largest absolute Gasteiger partial charge is 0.369 e. The number of aryl methyl sites for hydroxylation is 1. The summed E-state index contributed by atoms with van der Waals surface area (Å²) in [6.07, 6.45) is 2.86. The lowest BCUT2D eigenvalue weighted by molar-refractivity contribution is 0.888. The zero-order chi connectivity index (χ0) is 14.8. The Morgan fingerprint density at radius 3 is 2.90 bits per heavy atom. The molecule has 21 heavy (non-hydrogen) atoms. The van der Waals surface area contributed by atoms with Crippen molar-refractivity contribution in [2.24, 2.45) is 0 Å². The van der Waals surface area contributed by atoms with E-state index in [0.717, 1.165) is 45.8 Å². The third-order valence-electron chi connectivity index (χ3n) is 3.14. The molecule has 0 aliphatic carbocycles. The second-order valence-electron chi connectivity index (χ2n) is 4.82. The van der Waals surface area contributed by atoms with Crippen LogP contribution < -0.4 is 5.32 Å². The molecule has 0 unspecified atom stereocenters. The molecular formula is C15H16BrN5. The summed E-state index contributed by atoms with van der Waals surface area (Å²) in [5.41, 5.74) is 1.79. The SMILES string of the molecule is CCCNc1nc(C)nc2c1cnn2-c1cccc(Br)c1. The second-order valence-corrected chi connectivity index (χ2v) is 5.74. The van der Waals surface area contributed by atoms with Crippen LogP contribution in [0.15, 0.2) is 34.9 Å². The monoisotopic (exact) mass is 345 g/mol. The molecular weight excluding hydrogens is 330 g/mol. The van der Waals surface area contributed by atoms with Crippen molar-refractivity contribution in [1.29, 1.82) is 0 Å². The minimum absolute atomic E-state index is 0.734. The van der Waals surface area contributed by atoms with Gasteiger partial charge in [-0.3, -0.25) is 0 Å². The van der Waals surface area contributed by atoms with Gasteiger partial charge >= 0.3 is 0 Å². The van der Waals surface area contributed by atoms with E-state index in [9.17, 15) is 0 Å². The van der Waals surface area contributed by atoms with E-state index in [1.807, 2.05) is 42.1 Å². The highest BCUT2D eigenvalue weighted by molar-refractivity contribution is 9.10. The van der Waals surface area contributed by atoms with Gasteiger partial charge in [0.1, 0.15) is 11.6 Å². The van der Waals surface area contributed by atoms with Crippen molar-refractivity contribution in [1.82, 2.24) is 19.7 Å². The average molecular weight is 346 g/mol. The van der Waals surface area contributed by atoms with Crippen molar-refractivity contribution >= 4 is 32.8 Å². The smallest absolute Gasteiger partial charge is 0.168 e. The first kappa shape index (κ1) is 14.0. The fourth-order valence-corrected chi connectivity index (χ4v) is 2.58. The summed E-state index contributed by atoms with van der Waals surface area (Å²) in [6.45, 7) is 4.91. The van der Waals surface area contributed by atoms with Gasteiger partial charge in [-0.1, -0.05) is 28.9 Å². The van der Waals surface area contributed by atoms with E-state index < -0.39 is 0 Å². The van der Waals surface area contributed by atoms with Crippen LogP contribution in [0.25, 0.3) is 16.7 Å². The van der Waals surface area contributed by atoms with E-state index >= 15 is 0 Å². The lowest BCUT2D eigenvalue weighted by atomic mass is 10.3. The van der Waals surface area contributed by atoms with Crippen LogP contribution >= 0.6 is 15.9 Å². The number of hydrogen-bond acceptors (Lipinski definition) is 4. The summed E-state index contributed by atoms with van der Waals surface area (Å²) in [7, 11) is 0. The topological polar surface area (TPSA) is 55.6 Å². The average Bonchev–Trinajstić information content (AvgIpc) is 2.88. The Labute approximate surface area is 131 Å². The fourth-order valence-electron chi connectivity index (χ4n) is 2.19. The first-order chi connectivity index (χ1) is 10.2. The molecule has 2 heterocycles. The number of fused-ring (bicyclic) bond motifs is 1. The van der Waals surface area contributed by atoms with Crippen molar-refractivity contribution < 1.29 is 0 Å². The van der Waals surface area contributed by atoms with Crippen molar-refractivity contribution in [2.75, 3.05) is 11.9 Å². The van der Waals surface area contributed by atoms with E-state index in [-0.39, 0.29) is 0 Å². The first-order valence-corrected chi connectivity index (χ1v) is 7.70. The van der Waals surface area contributed by atoms with Gasteiger partial charge in [-0.05, 0) is 31.5 Å². The van der Waals surface area contributed by atoms with E-state index in [1.165, 1.54) is 0 Å². The maximum atomic E-state index is 4.54. The Hall–Kier alpha value is -1.95. The third-order valence-corrected chi connectivity index (χ3v) is 3.63. The van der Waals surface area contributed by atoms with Crippen LogP contribution in [0.5, 0.6) is 0 Å². The van der Waals surface area contributed by atoms with Crippen LogP contribution in [-0.2, 0) is 0 Å². The third kappa shape index (κ3) is 2.76. The molecule has 1 aromatic carbocycles. The summed E-state index contributed by atoms with van der Waals surface area (Å²) < 4.78 is 2.85. The minimum Gasteiger partial charge on any atom is -0.369 e. The molecule has 0 aliphatic rings. The van der Waals surface area contributed by atoms with Gasteiger partial charge in [0.2, 0.25) is 0 Å². The summed E-state index contributed by atoms with van der Waals surface area (Å²) in [6, 6.07) is 8.00. The quantitative estimate of drug-likeness (QED) is 0.783. The van der Waals surface area contributed by atoms with E-state index in [4.69, 9.17) is 0 Å². The van der Waals surface area contributed by atoms with Crippen molar-refractivity contribution in [3.8, 4) is 5.69 Å². The number of benzene rings is 1. The highest BCUT2D eigenvalue weighted by atomic mass is 79.9. The molecule has 0 saturated carbocycles. The van der Waals surface area contributed by atoms with Crippen molar-refractivity contribution in [2.45, 2.75) is 20.3 Å². The van der Waals surface area contributed by atoms with E-state index in [1.54, 1.807) is 0 Å². The molecule has 5 nitrogen and oxygen atoms in total. The van der Waals surface area contributed by atoms with Gasteiger partial charge in [0.25, 0.3) is 0 Å². The van der Waals surface area contributed by atoms with Crippen LogP contribution in [0.3, 0.4) is 0 Å². The number of nitrogens with one attached hydrogen (secondary N) is 1. The standard InChI is InChI=1S/C15H16BrN5/c1-3-7-17-14-13-9-18-21(15(13)20-10(2)19-14)12-6-4-5-11(16)8-12/h4-6,8-9H,3,7H2,1-2H3,(H,17,19,20). The highest BCUT2D eigenvalue weighted by Crippen LogP contribution is 2.24. The molecule has 3 aromatic rings. The summed E-state index contributed by atoms with van der Waals surface area (Å²) in [5.74, 6) is 1.58. The number of halogens is 1. The fraction of sp³-hybridized carbons (Fsp3) is 0.267. The van der Waals surface area contributed by atoms with Gasteiger partial charge in [0.15, 0.2) is 5.65 Å². The summed E-state index contributed by atoms with van der Waals surface area (Å²) in [5, 5.41) is 8.75. The lowest BCUT2D eigenvalue weighted by Gasteiger charge is -2.07. The predicted molar refractivity (Wildman–Crippen MR) is 87.9 cm³/mol. The van der Waals surface area contributed by atoms with Crippen LogP contribution in [-0.4, -0.2) is 26.3 Å². The number of hydrogen-bond donors (Lipinski definition) is 1. The molecule has 0 amide bonds. The highest BCUT2D eigenvalue weighted by Gasteiger charge is 2.12. The van der Waals surface area contributed by atoms with E-state index in [0.29, 0.717) is 0 Å². The Kier molecular flexibility index (Phi) is 3.88. The molecule has 0 atom stereocenters. The molecule has 0 radical (unpaired) electrons. The van der Waals surface area contributed by atoms with Crippen LogP contribution in [0.1, 0.15) is 19.2 Å². The van der Waals surface area contributed by atoms with Gasteiger partial charge in [0, 0.05) is 11.0 Å². The molecule has 0 fully saturated rings. The molecule has 0 saturated heterocycles. The first-order valence-electron chi connectivity index (χ1n) is 6.91. The number of anilines is 1. The lowest BCUT2D eigenvalue weighted by Crippen LogP contribution is -2.05. The Balaban J connectivity index is 2.15. The maximum absolute atomic E-state index is 4.54. The summed E-state index contributed by atoms with van der Waals surface area (Å²) >= 11 is 3.49. The molecule has 3 rings (SSSR count). The Bertz CT molecular complexity index is 781. The Morgan fingerprint density at radius 2 is 2.14 bits per heavy atom. The molecule has 0 bridgehead atoms. The van der Waals surface area contributed by atoms with Crippen LogP contribution in [0.4, 0.5) is 5.82 Å². The zero-order valence-electron chi connectivity index (χ0n) is 12.0.